The summed E-state index contributed by atoms with van der Waals surface area (Å²) in [5.74, 6) is -8.56. The summed E-state index contributed by atoms with van der Waals surface area (Å²) in [6, 6.07) is 11.2. The van der Waals surface area contributed by atoms with Crippen molar-refractivity contribution in [1.82, 2.24) is 0 Å². The fourth-order valence-corrected chi connectivity index (χ4v) is 7.95. The molecule has 3 N–H and O–H groups in total. The topological polar surface area (TPSA) is 146 Å². The Kier molecular flexibility index (Phi) is 6.57. The lowest BCUT2D eigenvalue weighted by Crippen LogP contribution is -2.81. The van der Waals surface area contributed by atoms with Crippen molar-refractivity contribution in [2.45, 2.75) is 46.3 Å². The molecular formula is C34H32O8. The van der Waals surface area contributed by atoms with Gasteiger partial charge in [0.15, 0.2) is 28.7 Å². The minimum Gasteiger partial charge on any atom is -0.507 e. The number of carbonyl (C=O) groups is 5. The molecule has 0 amide bonds. The van der Waals surface area contributed by atoms with Gasteiger partial charge >= 0.3 is 0 Å². The Balaban J connectivity index is 1.88. The quantitative estimate of drug-likeness (QED) is 0.378. The molecule has 8 heteroatoms. The normalized spacial score (nSPS) is 35.0. The molecule has 5 rings (SSSR count). The number of hydrogen-bond donors (Lipinski definition) is 3. The maximum Gasteiger partial charge on any atom is 0.191 e. The SMILES string of the molecule is C#Cc1ccc(/C=C2\c3cccc(O)c3C(=O)C3C(=O)[C@@]4(O)C(=O)C(C(C)=O)C(=O)C(C(C)C)[C@@]4(C)[C@H](O)[C@@]23C)cc1. The van der Waals surface area contributed by atoms with Gasteiger partial charge in [0, 0.05) is 22.3 Å². The number of carbonyl (C=O) groups excluding carboxylic acids is 5. The van der Waals surface area contributed by atoms with Crippen molar-refractivity contribution in [2.75, 3.05) is 0 Å². The third kappa shape index (κ3) is 3.41. The van der Waals surface area contributed by atoms with Crippen molar-refractivity contribution in [3.63, 3.8) is 0 Å². The number of aromatic hydroxyl groups is 1. The minimum absolute atomic E-state index is 0.193. The molecule has 0 radical (unpaired) electrons. The number of hydrogen-bond acceptors (Lipinski definition) is 8. The molecule has 3 aliphatic carbocycles. The van der Waals surface area contributed by atoms with E-state index in [9.17, 15) is 39.3 Å². The maximum atomic E-state index is 14.6. The molecule has 0 bridgehead atoms. The van der Waals surface area contributed by atoms with Gasteiger partial charge in [-0.1, -0.05) is 64.0 Å². The second kappa shape index (κ2) is 9.41. The maximum absolute atomic E-state index is 14.6. The van der Waals surface area contributed by atoms with Crippen molar-refractivity contribution < 1.29 is 39.3 Å². The number of Topliss-reactive ketones (excluding diaryl/α,β-unsaturated/α-hetero) is 5. The van der Waals surface area contributed by atoms with Crippen LogP contribution >= 0.6 is 0 Å². The number of benzene rings is 2. The summed E-state index contributed by atoms with van der Waals surface area (Å²) >= 11 is 0. The zero-order valence-electron chi connectivity index (χ0n) is 24.0. The van der Waals surface area contributed by atoms with Crippen molar-refractivity contribution in [3.05, 3.63) is 64.7 Å². The third-order valence-electron chi connectivity index (χ3n) is 9.87. The number of ketones is 5. The van der Waals surface area contributed by atoms with E-state index in [2.05, 4.69) is 5.92 Å². The Morgan fingerprint density at radius 1 is 1.02 bits per heavy atom. The minimum atomic E-state index is -3.03. The molecule has 0 aromatic heterocycles. The lowest BCUT2D eigenvalue weighted by molar-refractivity contribution is -0.230. The molecule has 2 aromatic rings. The van der Waals surface area contributed by atoms with Crippen molar-refractivity contribution in [3.8, 4) is 18.1 Å². The van der Waals surface area contributed by atoms with Gasteiger partial charge in [-0.3, -0.25) is 24.0 Å². The van der Waals surface area contributed by atoms with E-state index in [1.54, 1.807) is 50.3 Å². The predicted molar refractivity (Wildman–Crippen MR) is 153 cm³/mol. The van der Waals surface area contributed by atoms with Crippen LogP contribution in [0.5, 0.6) is 5.75 Å². The number of rotatable bonds is 3. The average Bonchev–Trinajstić information content (AvgIpc) is 2.92. The van der Waals surface area contributed by atoms with E-state index >= 15 is 0 Å². The first-order chi connectivity index (χ1) is 19.6. The summed E-state index contributed by atoms with van der Waals surface area (Å²) in [5.41, 5.74) is -5.33. The molecule has 7 atom stereocenters. The molecule has 8 nitrogen and oxygen atoms in total. The summed E-state index contributed by atoms with van der Waals surface area (Å²) in [4.78, 5) is 68.9. The van der Waals surface area contributed by atoms with Crippen LogP contribution in [0.25, 0.3) is 11.6 Å². The molecular weight excluding hydrogens is 536 g/mol. The van der Waals surface area contributed by atoms with E-state index in [1.807, 2.05) is 0 Å². The second-order valence-electron chi connectivity index (χ2n) is 12.4. The first-order valence-electron chi connectivity index (χ1n) is 13.8. The summed E-state index contributed by atoms with van der Waals surface area (Å²) in [6.07, 6.45) is 5.36. The van der Waals surface area contributed by atoms with Gasteiger partial charge in [0.2, 0.25) is 0 Å². The Morgan fingerprint density at radius 2 is 1.64 bits per heavy atom. The van der Waals surface area contributed by atoms with Crippen molar-refractivity contribution in [2.24, 2.45) is 34.5 Å². The largest absolute Gasteiger partial charge is 0.507 e. The van der Waals surface area contributed by atoms with Crippen molar-refractivity contribution >= 4 is 40.6 Å². The molecule has 2 saturated carbocycles. The van der Waals surface area contributed by atoms with Crippen LogP contribution < -0.4 is 0 Å². The van der Waals surface area contributed by atoms with Crippen LogP contribution in [0, 0.1) is 46.8 Å². The fourth-order valence-electron chi connectivity index (χ4n) is 7.95. The summed E-state index contributed by atoms with van der Waals surface area (Å²) in [6.45, 7) is 7.15. The molecule has 216 valence electrons. The van der Waals surface area contributed by atoms with Crippen LogP contribution in [0.2, 0.25) is 0 Å². The fraction of sp³-hybridized carbons (Fsp3) is 0.382. The van der Waals surface area contributed by atoms with Gasteiger partial charge < -0.3 is 15.3 Å². The van der Waals surface area contributed by atoms with Crippen LogP contribution in [-0.4, -0.2) is 55.9 Å². The highest BCUT2D eigenvalue weighted by Crippen LogP contribution is 2.66. The highest BCUT2D eigenvalue weighted by Gasteiger charge is 2.80. The number of phenols is 1. The summed E-state index contributed by atoms with van der Waals surface area (Å²) in [7, 11) is 0. The first kappa shape index (κ1) is 29.3. The molecule has 2 aromatic carbocycles. The lowest BCUT2D eigenvalue weighted by Gasteiger charge is -2.64. The second-order valence-corrected chi connectivity index (χ2v) is 12.4. The Bertz CT molecular complexity index is 1660. The lowest BCUT2D eigenvalue weighted by atomic mass is 9.38. The molecule has 42 heavy (non-hydrogen) atoms. The smallest absolute Gasteiger partial charge is 0.191 e. The molecule has 3 aliphatic rings. The first-order valence-corrected chi connectivity index (χ1v) is 13.8. The van der Waals surface area contributed by atoms with E-state index in [1.165, 1.54) is 26.0 Å². The molecule has 0 heterocycles. The van der Waals surface area contributed by atoms with Crippen LogP contribution in [-0.2, 0) is 19.2 Å². The highest BCUT2D eigenvalue weighted by atomic mass is 16.3. The monoisotopic (exact) mass is 568 g/mol. The number of fused-ring (bicyclic) bond motifs is 3. The molecule has 0 aliphatic heterocycles. The number of terminal acetylenes is 1. The highest BCUT2D eigenvalue weighted by molar-refractivity contribution is 6.34. The van der Waals surface area contributed by atoms with Gasteiger partial charge in [-0.15, -0.1) is 6.42 Å². The summed E-state index contributed by atoms with van der Waals surface area (Å²) in [5, 5.41) is 35.5. The zero-order chi connectivity index (χ0) is 31.1. The molecule has 0 saturated heterocycles. The molecule has 0 spiro atoms. The van der Waals surface area contributed by atoms with Crippen molar-refractivity contribution in [1.29, 1.82) is 0 Å². The Hall–Kier alpha value is -4.19. The van der Waals surface area contributed by atoms with Gasteiger partial charge in [-0.2, -0.15) is 0 Å². The van der Waals surface area contributed by atoms with Crippen LogP contribution in [0.15, 0.2) is 42.5 Å². The Morgan fingerprint density at radius 3 is 2.19 bits per heavy atom. The van der Waals surface area contributed by atoms with Crippen LogP contribution in [0.3, 0.4) is 0 Å². The molecule has 2 fully saturated rings. The number of phenolic OH excluding ortho intramolecular Hbond substituents is 1. The van der Waals surface area contributed by atoms with Gasteiger partial charge in [0.1, 0.15) is 17.5 Å². The predicted octanol–water partition coefficient (Wildman–Crippen LogP) is 3.04. The summed E-state index contributed by atoms with van der Waals surface area (Å²) < 4.78 is 0. The van der Waals surface area contributed by atoms with E-state index in [0.717, 1.165) is 6.92 Å². The molecule has 3 unspecified atom stereocenters. The van der Waals surface area contributed by atoms with E-state index in [4.69, 9.17) is 6.42 Å². The third-order valence-corrected chi connectivity index (χ3v) is 9.87. The van der Waals surface area contributed by atoms with E-state index < -0.39 is 80.9 Å². The van der Waals surface area contributed by atoms with Crippen LogP contribution in [0.1, 0.15) is 61.7 Å². The van der Waals surface area contributed by atoms with Crippen LogP contribution in [0.4, 0.5) is 0 Å². The van der Waals surface area contributed by atoms with Gasteiger partial charge in [-0.25, -0.2) is 0 Å². The Labute approximate surface area is 243 Å². The number of aliphatic hydroxyl groups is 2. The standard InChI is InChI=1S/C34H32O8/c1-7-18-11-13-19(14-12-18)15-21-20-9-8-10-22(36)24(20)28(38)26-30(40)34(42)29(39)23(17(4)35)27(37)25(16(2)3)33(34,6)31(41)32(21,26)5/h1,8-16,23,25-26,31,36,41-42H,2-6H3/b21-15+/t23?,25?,26?,31-,32+,33+,34+/m1/s1. The van der Waals surface area contributed by atoms with Gasteiger partial charge in [0.25, 0.3) is 0 Å². The van der Waals surface area contributed by atoms with E-state index in [-0.39, 0.29) is 11.1 Å². The van der Waals surface area contributed by atoms with Gasteiger partial charge in [0.05, 0.1) is 17.6 Å². The van der Waals surface area contributed by atoms with Gasteiger partial charge in [-0.05, 0) is 47.7 Å². The average molecular weight is 569 g/mol. The zero-order valence-corrected chi connectivity index (χ0v) is 24.0. The number of aliphatic hydroxyl groups excluding tert-OH is 1. The van der Waals surface area contributed by atoms with E-state index in [0.29, 0.717) is 16.7 Å².